The average Bonchev–Trinajstić information content (AvgIpc) is 3.55. The van der Waals surface area contributed by atoms with Crippen molar-refractivity contribution >= 4 is 41.0 Å². The number of carbonyl (C=O) groups is 4. The van der Waals surface area contributed by atoms with Gasteiger partial charge in [0.25, 0.3) is 5.91 Å². The molecular weight excluding hydrogens is 546 g/mol. The third-order valence-electron chi connectivity index (χ3n) is 6.53. The van der Waals surface area contributed by atoms with E-state index in [4.69, 9.17) is 9.47 Å². The Labute approximate surface area is 231 Å². The second-order valence-electron chi connectivity index (χ2n) is 9.12. The Kier molecular flexibility index (Phi) is 7.80. The van der Waals surface area contributed by atoms with Gasteiger partial charge in [0.2, 0.25) is 5.91 Å². The molecule has 2 fully saturated rings. The van der Waals surface area contributed by atoms with E-state index >= 15 is 8.78 Å². The maximum atomic E-state index is 15.1. The number of fused-ring (bicyclic) bond motifs is 1. The maximum Gasteiger partial charge on any atom is 0.416 e. The van der Waals surface area contributed by atoms with Crippen molar-refractivity contribution in [3.63, 3.8) is 0 Å². The molecule has 41 heavy (non-hydrogen) atoms. The van der Waals surface area contributed by atoms with E-state index in [0.29, 0.717) is 5.65 Å². The predicted molar refractivity (Wildman–Crippen MR) is 138 cm³/mol. The van der Waals surface area contributed by atoms with Gasteiger partial charge in [0.15, 0.2) is 23.5 Å². The molecule has 0 radical (unpaired) electrons. The van der Waals surface area contributed by atoms with Crippen LogP contribution in [0.2, 0.25) is 0 Å². The lowest BCUT2D eigenvalue weighted by Gasteiger charge is -2.36. The molecule has 2 N–H and O–H groups in total. The zero-order chi connectivity index (χ0) is 29.1. The number of cyclic esters (lactones) is 1. The van der Waals surface area contributed by atoms with Crippen LogP contribution in [-0.2, 0) is 14.3 Å². The Morgan fingerprint density at radius 1 is 1.15 bits per heavy atom. The van der Waals surface area contributed by atoms with Crippen LogP contribution in [0.1, 0.15) is 17.4 Å². The molecule has 1 aromatic carbocycles. The molecule has 0 spiro atoms. The predicted octanol–water partition coefficient (Wildman–Crippen LogP) is 1.11. The van der Waals surface area contributed by atoms with Crippen LogP contribution in [0.3, 0.4) is 0 Å². The lowest BCUT2D eigenvalue weighted by molar-refractivity contribution is -0.130. The number of piperazine rings is 1. The summed E-state index contributed by atoms with van der Waals surface area (Å²) in [7, 11) is 0. The number of hydrogen-bond acceptors (Lipinski definition) is 9. The number of hydrogen-bond donors (Lipinski definition) is 2. The topological polar surface area (TPSA) is 151 Å². The average molecular weight is 573 g/mol. The van der Waals surface area contributed by atoms with Gasteiger partial charge in [-0.2, -0.15) is 0 Å². The SMILES string of the molecule is CCOC(=O)NC1CN(c2cc(F)c(N3CCN(C(=O)CNC(=O)c4cn5ccncc5n4)CC3)c(F)c2)C(=O)O1. The van der Waals surface area contributed by atoms with Crippen LogP contribution in [0, 0.1) is 11.6 Å². The molecular formula is C25H26F2N8O6. The van der Waals surface area contributed by atoms with Gasteiger partial charge in [-0.15, -0.1) is 0 Å². The minimum absolute atomic E-state index is 0.0756. The number of nitrogens with zero attached hydrogens (tertiary/aromatic N) is 6. The molecule has 16 heteroatoms. The van der Waals surface area contributed by atoms with E-state index in [1.54, 1.807) is 23.7 Å². The number of imidazole rings is 1. The molecule has 1 unspecified atom stereocenters. The minimum Gasteiger partial charge on any atom is -0.450 e. The van der Waals surface area contributed by atoms with Crippen LogP contribution in [0.15, 0.2) is 36.9 Å². The molecule has 5 rings (SSSR count). The van der Waals surface area contributed by atoms with Crippen molar-refractivity contribution in [2.45, 2.75) is 13.2 Å². The highest BCUT2D eigenvalue weighted by molar-refractivity contribution is 5.95. The normalized spacial score (nSPS) is 17.0. The number of anilines is 2. The fraction of sp³-hybridized carbons (Fsp3) is 0.360. The lowest BCUT2D eigenvalue weighted by Crippen LogP contribution is -2.51. The van der Waals surface area contributed by atoms with Gasteiger partial charge in [-0.3, -0.25) is 24.8 Å². The maximum absolute atomic E-state index is 15.1. The van der Waals surface area contributed by atoms with Gasteiger partial charge in [0, 0.05) is 56.9 Å². The number of halogens is 2. The van der Waals surface area contributed by atoms with Crippen molar-refractivity contribution in [1.29, 1.82) is 0 Å². The molecule has 1 atom stereocenters. The summed E-state index contributed by atoms with van der Waals surface area (Å²) in [5, 5.41) is 4.88. The van der Waals surface area contributed by atoms with Crippen LogP contribution in [0.4, 0.5) is 29.7 Å². The van der Waals surface area contributed by atoms with E-state index in [9.17, 15) is 19.2 Å². The van der Waals surface area contributed by atoms with E-state index in [1.807, 2.05) is 0 Å². The molecule has 0 aliphatic carbocycles. The molecule has 14 nitrogen and oxygen atoms in total. The van der Waals surface area contributed by atoms with E-state index < -0.39 is 36.0 Å². The number of alkyl carbamates (subject to hydrolysis) is 1. The van der Waals surface area contributed by atoms with E-state index in [-0.39, 0.29) is 68.9 Å². The summed E-state index contributed by atoms with van der Waals surface area (Å²) in [6, 6.07) is 2.02. The highest BCUT2D eigenvalue weighted by atomic mass is 19.1. The van der Waals surface area contributed by atoms with Gasteiger partial charge in [0.1, 0.15) is 11.4 Å². The number of ether oxygens (including phenoxy) is 2. The molecule has 4 amide bonds. The van der Waals surface area contributed by atoms with Crippen molar-refractivity contribution < 1.29 is 37.4 Å². The first-order chi connectivity index (χ1) is 19.7. The highest BCUT2D eigenvalue weighted by Gasteiger charge is 2.35. The van der Waals surface area contributed by atoms with E-state index in [0.717, 1.165) is 17.0 Å². The van der Waals surface area contributed by atoms with Crippen molar-refractivity contribution in [3.05, 3.63) is 54.2 Å². The van der Waals surface area contributed by atoms with E-state index in [1.165, 1.54) is 22.2 Å². The molecule has 0 saturated carbocycles. The second-order valence-corrected chi connectivity index (χ2v) is 9.12. The van der Waals surface area contributed by atoms with Gasteiger partial charge in [0.05, 0.1) is 31.6 Å². The fourth-order valence-electron chi connectivity index (χ4n) is 4.55. The Morgan fingerprint density at radius 2 is 1.88 bits per heavy atom. The largest absolute Gasteiger partial charge is 0.450 e. The monoisotopic (exact) mass is 572 g/mol. The van der Waals surface area contributed by atoms with Crippen LogP contribution in [-0.4, -0.2) is 95.4 Å². The lowest BCUT2D eigenvalue weighted by atomic mass is 10.2. The van der Waals surface area contributed by atoms with Crippen LogP contribution < -0.4 is 20.4 Å². The van der Waals surface area contributed by atoms with Crippen LogP contribution in [0.25, 0.3) is 5.65 Å². The summed E-state index contributed by atoms with van der Waals surface area (Å²) >= 11 is 0. The van der Waals surface area contributed by atoms with Crippen molar-refractivity contribution in [1.82, 2.24) is 29.9 Å². The first-order valence-corrected chi connectivity index (χ1v) is 12.7. The quantitative estimate of drug-likeness (QED) is 0.424. The Morgan fingerprint density at radius 3 is 2.56 bits per heavy atom. The van der Waals surface area contributed by atoms with Gasteiger partial charge >= 0.3 is 12.2 Å². The number of benzene rings is 1. The van der Waals surface area contributed by atoms with Gasteiger partial charge in [-0.1, -0.05) is 0 Å². The Hall–Kier alpha value is -5.02. The highest BCUT2D eigenvalue weighted by Crippen LogP contribution is 2.31. The van der Waals surface area contributed by atoms with Crippen LogP contribution in [0.5, 0.6) is 0 Å². The smallest absolute Gasteiger partial charge is 0.416 e. The number of carbonyl (C=O) groups excluding carboxylic acids is 4. The van der Waals surface area contributed by atoms with Gasteiger partial charge < -0.3 is 29.0 Å². The van der Waals surface area contributed by atoms with Crippen LogP contribution >= 0.6 is 0 Å². The number of amides is 4. The minimum atomic E-state index is -1.04. The molecule has 2 aliphatic heterocycles. The Bertz CT molecular complexity index is 1440. The summed E-state index contributed by atoms with van der Waals surface area (Å²) in [6.45, 7) is 1.94. The number of nitrogens with one attached hydrogen (secondary N) is 2. The summed E-state index contributed by atoms with van der Waals surface area (Å²) in [5.74, 6) is -2.67. The zero-order valence-corrected chi connectivity index (χ0v) is 21.9. The Balaban J connectivity index is 1.15. The zero-order valence-electron chi connectivity index (χ0n) is 21.9. The summed E-state index contributed by atoms with van der Waals surface area (Å²) in [5.41, 5.74) is 0.263. The third kappa shape index (κ3) is 5.95. The third-order valence-corrected chi connectivity index (χ3v) is 6.53. The first kappa shape index (κ1) is 27.5. The van der Waals surface area contributed by atoms with Crippen molar-refractivity contribution in [2.75, 3.05) is 55.7 Å². The first-order valence-electron chi connectivity index (χ1n) is 12.7. The molecule has 2 aromatic heterocycles. The number of rotatable bonds is 7. The molecule has 216 valence electrons. The molecule has 2 aliphatic rings. The summed E-state index contributed by atoms with van der Waals surface area (Å²) in [4.78, 5) is 61.0. The van der Waals surface area contributed by atoms with Gasteiger partial charge in [-0.25, -0.2) is 23.4 Å². The van der Waals surface area contributed by atoms with Crippen molar-refractivity contribution in [3.8, 4) is 0 Å². The standard InChI is InChI=1S/C25H26F2N8O6/c1-2-40-24(38)31-20-14-35(25(39)41-20)15-9-16(26)22(17(27)10-15)33-7-5-32(6-8-33)21(36)12-29-23(37)18-13-34-4-3-28-11-19(34)30-18/h3-4,9-11,13,20H,2,5-8,12,14H2,1H3,(H,29,37)(H,31,38). The molecule has 4 heterocycles. The molecule has 0 bridgehead atoms. The van der Waals surface area contributed by atoms with Crippen molar-refractivity contribution in [2.24, 2.45) is 0 Å². The van der Waals surface area contributed by atoms with E-state index in [2.05, 4.69) is 20.6 Å². The number of aromatic nitrogens is 3. The fourth-order valence-corrected chi connectivity index (χ4v) is 4.55. The summed E-state index contributed by atoms with van der Waals surface area (Å²) < 4.78 is 41.6. The second kappa shape index (κ2) is 11.6. The summed E-state index contributed by atoms with van der Waals surface area (Å²) in [6.07, 6.45) is 3.51. The molecule has 3 aromatic rings. The van der Waals surface area contributed by atoms with Gasteiger partial charge in [-0.05, 0) is 6.92 Å². The molecule has 2 saturated heterocycles.